The summed E-state index contributed by atoms with van der Waals surface area (Å²) in [6.07, 6.45) is 1.97. The van der Waals surface area contributed by atoms with Crippen molar-refractivity contribution in [3.8, 4) is 5.75 Å². The fraction of sp³-hybridized carbons (Fsp3) is 0.300. The summed E-state index contributed by atoms with van der Waals surface area (Å²) in [6.45, 7) is 1.52. The Morgan fingerprint density at radius 2 is 2.04 bits per heavy atom. The molecule has 1 aromatic heterocycles. The fourth-order valence-corrected chi connectivity index (χ4v) is 3.38. The van der Waals surface area contributed by atoms with Crippen molar-refractivity contribution in [1.82, 2.24) is 15.1 Å². The number of aromatic nitrogens is 2. The predicted molar refractivity (Wildman–Crippen MR) is 97.9 cm³/mol. The van der Waals surface area contributed by atoms with Crippen LogP contribution in [0.5, 0.6) is 5.75 Å². The lowest BCUT2D eigenvalue weighted by molar-refractivity contribution is 0.0503. The van der Waals surface area contributed by atoms with Gasteiger partial charge in [-0.25, -0.2) is 0 Å². The second-order valence-corrected chi connectivity index (χ2v) is 6.57. The lowest BCUT2D eigenvalue weighted by Gasteiger charge is -2.25. The van der Waals surface area contributed by atoms with Crippen LogP contribution in [-0.2, 0) is 11.3 Å². The number of hydrogen-bond acceptors (Lipinski definition) is 4. The quantitative estimate of drug-likeness (QED) is 0.740. The largest absolute Gasteiger partial charge is 0.508 e. The normalized spacial score (nSPS) is 16.8. The molecule has 6 nitrogen and oxygen atoms in total. The molecule has 0 aliphatic carbocycles. The molecule has 26 heavy (non-hydrogen) atoms. The zero-order chi connectivity index (χ0) is 17.9. The first-order chi connectivity index (χ1) is 12.7. The highest BCUT2D eigenvalue weighted by atomic mass is 16.5. The fourth-order valence-electron chi connectivity index (χ4n) is 3.38. The summed E-state index contributed by atoms with van der Waals surface area (Å²) in [4.78, 5) is 14.9. The van der Waals surface area contributed by atoms with Gasteiger partial charge >= 0.3 is 0 Å². The van der Waals surface area contributed by atoms with Crippen molar-refractivity contribution in [1.29, 1.82) is 0 Å². The zero-order valence-corrected chi connectivity index (χ0v) is 14.4. The molecule has 0 saturated carbocycles. The first kappa shape index (κ1) is 16.6. The van der Waals surface area contributed by atoms with E-state index < -0.39 is 0 Å². The number of hydrogen-bond donors (Lipinski definition) is 2. The van der Waals surface area contributed by atoms with Crippen molar-refractivity contribution < 1.29 is 14.6 Å². The summed E-state index contributed by atoms with van der Waals surface area (Å²) in [6, 6.07) is 14.7. The molecule has 1 saturated heterocycles. The highest BCUT2D eigenvalue weighted by Crippen LogP contribution is 2.23. The van der Waals surface area contributed by atoms with Gasteiger partial charge < -0.3 is 14.7 Å². The summed E-state index contributed by atoms with van der Waals surface area (Å²) in [5, 5.41) is 18.1. The molecule has 2 N–H and O–H groups in total. The molecule has 6 heteroatoms. The Labute approximate surface area is 151 Å². The number of carbonyl (C=O) groups excluding carboxylic acids is 1. The summed E-state index contributed by atoms with van der Waals surface area (Å²) in [7, 11) is 0. The Balaban J connectivity index is 1.64. The van der Waals surface area contributed by atoms with Gasteiger partial charge in [-0.15, -0.1) is 0 Å². The molecule has 0 spiro atoms. The van der Waals surface area contributed by atoms with Crippen LogP contribution < -0.4 is 0 Å². The molecule has 1 amide bonds. The predicted octanol–water partition coefficient (Wildman–Crippen LogP) is 3.09. The van der Waals surface area contributed by atoms with E-state index in [1.807, 2.05) is 36.4 Å². The number of ether oxygens (including phenoxy) is 1. The Kier molecular flexibility index (Phi) is 4.58. The van der Waals surface area contributed by atoms with E-state index in [-0.39, 0.29) is 17.8 Å². The lowest BCUT2D eigenvalue weighted by atomic mass is 10.1. The standard InChI is InChI=1S/C20H21N3O3/c24-18-10-4-1-6-14(18)12-23(13-15-7-5-11-26-15)20(25)19-16-8-2-3-9-17(16)21-22-19/h1-4,6,8-10,15,24H,5,7,11-13H2,(H,21,22). The Bertz CT molecular complexity index is 915. The molecule has 0 radical (unpaired) electrons. The van der Waals surface area contributed by atoms with Gasteiger partial charge in [0.05, 0.1) is 11.6 Å². The number of rotatable bonds is 5. The smallest absolute Gasteiger partial charge is 0.275 e. The van der Waals surface area contributed by atoms with Crippen LogP contribution in [-0.4, -0.2) is 45.4 Å². The molecule has 1 unspecified atom stereocenters. The van der Waals surface area contributed by atoms with Gasteiger partial charge in [-0.2, -0.15) is 5.10 Å². The van der Waals surface area contributed by atoms with Gasteiger partial charge in [0.15, 0.2) is 5.69 Å². The van der Waals surface area contributed by atoms with Gasteiger partial charge in [0.1, 0.15) is 5.75 Å². The maximum Gasteiger partial charge on any atom is 0.275 e. The summed E-state index contributed by atoms with van der Waals surface area (Å²) in [5.41, 5.74) is 1.93. The van der Waals surface area contributed by atoms with Crippen LogP contribution in [0.1, 0.15) is 28.9 Å². The number of aromatic hydroxyl groups is 1. The molecular formula is C20H21N3O3. The molecule has 1 fully saturated rings. The number of aromatic amines is 1. The number of carbonyl (C=O) groups is 1. The second kappa shape index (κ2) is 7.17. The van der Waals surface area contributed by atoms with Crippen LogP contribution in [0.3, 0.4) is 0 Å². The number of amides is 1. The molecule has 4 rings (SSSR count). The van der Waals surface area contributed by atoms with Gasteiger partial charge in [0.25, 0.3) is 5.91 Å². The van der Waals surface area contributed by atoms with E-state index in [0.29, 0.717) is 24.3 Å². The van der Waals surface area contributed by atoms with Crippen LogP contribution in [0.4, 0.5) is 0 Å². The highest BCUT2D eigenvalue weighted by Gasteiger charge is 2.26. The molecule has 2 heterocycles. The van der Waals surface area contributed by atoms with Crippen molar-refractivity contribution >= 4 is 16.8 Å². The maximum absolute atomic E-state index is 13.2. The van der Waals surface area contributed by atoms with Crippen molar-refractivity contribution in [2.45, 2.75) is 25.5 Å². The Morgan fingerprint density at radius 1 is 1.23 bits per heavy atom. The highest BCUT2D eigenvalue weighted by molar-refractivity contribution is 6.04. The van der Waals surface area contributed by atoms with Crippen molar-refractivity contribution in [3.05, 3.63) is 59.8 Å². The number of phenols is 1. The van der Waals surface area contributed by atoms with E-state index >= 15 is 0 Å². The number of fused-ring (bicyclic) bond motifs is 1. The minimum Gasteiger partial charge on any atom is -0.508 e. The van der Waals surface area contributed by atoms with Crippen LogP contribution in [0.2, 0.25) is 0 Å². The number of nitrogens with one attached hydrogen (secondary N) is 1. The van der Waals surface area contributed by atoms with E-state index in [0.717, 1.165) is 30.4 Å². The molecule has 2 aromatic carbocycles. The van der Waals surface area contributed by atoms with Gasteiger partial charge in [0.2, 0.25) is 0 Å². The number of benzene rings is 2. The Hall–Kier alpha value is -2.86. The molecular weight excluding hydrogens is 330 g/mol. The SMILES string of the molecule is O=C(c1n[nH]c2ccccc12)N(Cc1ccccc1O)CC1CCCO1. The summed E-state index contributed by atoms with van der Waals surface area (Å²) >= 11 is 0. The maximum atomic E-state index is 13.2. The average molecular weight is 351 g/mol. The number of para-hydroxylation sites is 2. The molecule has 1 aliphatic rings. The van der Waals surface area contributed by atoms with Crippen molar-refractivity contribution in [3.63, 3.8) is 0 Å². The summed E-state index contributed by atoms with van der Waals surface area (Å²) in [5.74, 6) is 0.0192. The Morgan fingerprint density at radius 3 is 2.85 bits per heavy atom. The van der Waals surface area contributed by atoms with Crippen LogP contribution >= 0.6 is 0 Å². The average Bonchev–Trinajstić information content (AvgIpc) is 3.32. The van der Waals surface area contributed by atoms with Crippen molar-refractivity contribution in [2.24, 2.45) is 0 Å². The van der Waals surface area contributed by atoms with Crippen LogP contribution in [0, 0.1) is 0 Å². The molecule has 0 bridgehead atoms. The first-order valence-corrected chi connectivity index (χ1v) is 8.83. The lowest BCUT2D eigenvalue weighted by Crippen LogP contribution is -2.37. The van der Waals surface area contributed by atoms with E-state index in [1.54, 1.807) is 17.0 Å². The third kappa shape index (κ3) is 3.28. The molecule has 134 valence electrons. The zero-order valence-electron chi connectivity index (χ0n) is 14.4. The van der Waals surface area contributed by atoms with E-state index in [1.165, 1.54) is 0 Å². The van der Waals surface area contributed by atoms with Gasteiger partial charge in [-0.3, -0.25) is 9.89 Å². The minimum absolute atomic E-state index is 0.0232. The molecule has 1 atom stereocenters. The third-order valence-corrected chi connectivity index (χ3v) is 4.76. The second-order valence-electron chi connectivity index (χ2n) is 6.57. The number of phenolic OH excluding ortho intramolecular Hbond substituents is 1. The minimum atomic E-state index is -0.166. The third-order valence-electron chi connectivity index (χ3n) is 4.76. The topological polar surface area (TPSA) is 78.5 Å². The van der Waals surface area contributed by atoms with Gasteiger partial charge in [-0.1, -0.05) is 36.4 Å². The van der Waals surface area contributed by atoms with Crippen LogP contribution in [0.15, 0.2) is 48.5 Å². The van der Waals surface area contributed by atoms with E-state index in [4.69, 9.17) is 4.74 Å². The van der Waals surface area contributed by atoms with E-state index in [2.05, 4.69) is 10.2 Å². The summed E-state index contributed by atoms with van der Waals surface area (Å²) < 4.78 is 5.72. The molecule has 1 aliphatic heterocycles. The monoisotopic (exact) mass is 351 g/mol. The number of H-pyrrole nitrogens is 1. The van der Waals surface area contributed by atoms with Gasteiger partial charge in [0, 0.05) is 30.6 Å². The van der Waals surface area contributed by atoms with Gasteiger partial charge in [-0.05, 0) is 25.0 Å². The van der Waals surface area contributed by atoms with Crippen molar-refractivity contribution in [2.75, 3.05) is 13.2 Å². The first-order valence-electron chi connectivity index (χ1n) is 8.83. The van der Waals surface area contributed by atoms with E-state index in [9.17, 15) is 9.90 Å². The number of nitrogens with zero attached hydrogens (tertiary/aromatic N) is 2. The van der Waals surface area contributed by atoms with Crippen LogP contribution in [0.25, 0.3) is 10.9 Å². The molecule has 3 aromatic rings.